The molecule has 1 aliphatic heterocycles. The van der Waals surface area contributed by atoms with E-state index in [9.17, 15) is 4.79 Å². The summed E-state index contributed by atoms with van der Waals surface area (Å²) in [6.07, 6.45) is 6.47. The number of amides is 1. The number of nitrogens with zero attached hydrogens (tertiary/aromatic N) is 5. The van der Waals surface area contributed by atoms with Gasteiger partial charge in [0.2, 0.25) is 0 Å². The number of imidazole rings is 1. The summed E-state index contributed by atoms with van der Waals surface area (Å²) in [6, 6.07) is 11.8. The quantitative estimate of drug-likeness (QED) is 0.528. The topological polar surface area (TPSA) is 64.7 Å². The molecule has 0 atom stereocenters. The summed E-state index contributed by atoms with van der Waals surface area (Å²) in [5.41, 5.74) is 5.54. The lowest BCUT2D eigenvalue weighted by atomic mass is 10.00. The van der Waals surface area contributed by atoms with Gasteiger partial charge in [0, 0.05) is 50.7 Å². The number of fused-ring (bicyclic) bond motifs is 2. The number of aryl methyl sites for hydroxylation is 1. The molecule has 1 aliphatic rings. The molecule has 0 saturated carbocycles. The summed E-state index contributed by atoms with van der Waals surface area (Å²) < 4.78 is 9.32. The number of ether oxygens (including phenoxy) is 1. The first kappa shape index (κ1) is 17.5. The normalized spacial score (nSPS) is 13.3. The molecule has 0 fully saturated rings. The molecule has 3 aromatic heterocycles. The molecule has 7 heteroatoms. The SMILES string of the molecule is COc1ccc(-c2ccnn2C)c2c1C(=O)N(CCc1cn3ccccc3n1)C2. The molecule has 0 radical (unpaired) electrons. The van der Waals surface area contributed by atoms with Crippen LogP contribution in [0.4, 0.5) is 0 Å². The zero-order valence-corrected chi connectivity index (χ0v) is 16.4. The number of benzene rings is 1. The molecular weight excluding hydrogens is 366 g/mol. The molecule has 29 heavy (non-hydrogen) atoms. The molecule has 5 rings (SSSR count). The van der Waals surface area contributed by atoms with Crippen LogP contribution in [-0.4, -0.2) is 43.6 Å². The molecule has 0 unspecified atom stereocenters. The monoisotopic (exact) mass is 387 g/mol. The molecular formula is C22H21N5O2. The van der Waals surface area contributed by atoms with E-state index in [1.54, 1.807) is 13.3 Å². The maximum absolute atomic E-state index is 13.2. The van der Waals surface area contributed by atoms with E-state index < -0.39 is 0 Å². The van der Waals surface area contributed by atoms with Crippen molar-refractivity contribution >= 4 is 11.6 Å². The van der Waals surface area contributed by atoms with Crippen molar-refractivity contribution in [2.24, 2.45) is 7.05 Å². The highest BCUT2D eigenvalue weighted by atomic mass is 16.5. The number of hydrogen-bond acceptors (Lipinski definition) is 4. The fourth-order valence-electron chi connectivity index (χ4n) is 4.03. The van der Waals surface area contributed by atoms with Crippen molar-refractivity contribution in [3.8, 4) is 17.0 Å². The highest BCUT2D eigenvalue weighted by Gasteiger charge is 2.33. The molecule has 4 aromatic rings. The van der Waals surface area contributed by atoms with Gasteiger partial charge in [-0.1, -0.05) is 6.07 Å². The third-order valence-corrected chi connectivity index (χ3v) is 5.49. The molecule has 0 bridgehead atoms. The average Bonchev–Trinajstić information content (AvgIpc) is 3.43. The maximum atomic E-state index is 13.2. The number of hydrogen-bond donors (Lipinski definition) is 0. The van der Waals surface area contributed by atoms with Gasteiger partial charge in [-0.25, -0.2) is 4.98 Å². The van der Waals surface area contributed by atoms with Crippen LogP contribution in [0, 0.1) is 0 Å². The van der Waals surface area contributed by atoms with Gasteiger partial charge in [0.15, 0.2) is 0 Å². The van der Waals surface area contributed by atoms with E-state index in [2.05, 4.69) is 10.1 Å². The zero-order chi connectivity index (χ0) is 20.0. The fraction of sp³-hybridized carbons (Fsp3) is 0.227. The third-order valence-electron chi connectivity index (χ3n) is 5.49. The van der Waals surface area contributed by atoms with Crippen molar-refractivity contribution in [1.29, 1.82) is 0 Å². The molecule has 0 N–H and O–H groups in total. The summed E-state index contributed by atoms with van der Waals surface area (Å²) >= 11 is 0. The maximum Gasteiger partial charge on any atom is 0.258 e. The second-order valence-electron chi connectivity index (χ2n) is 7.18. The largest absolute Gasteiger partial charge is 0.496 e. The van der Waals surface area contributed by atoms with E-state index in [0.717, 1.165) is 28.2 Å². The Morgan fingerprint density at radius 1 is 1.17 bits per heavy atom. The van der Waals surface area contributed by atoms with Crippen molar-refractivity contribution < 1.29 is 9.53 Å². The van der Waals surface area contributed by atoms with E-state index >= 15 is 0 Å². The highest BCUT2D eigenvalue weighted by Crippen LogP contribution is 2.37. The minimum absolute atomic E-state index is 0.00429. The van der Waals surface area contributed by atoms with Gasteiger partial charge in [-0.15, -0.1) is 0 Å². The molecule has 146 valence electrons. The molecule has 1 aromatic carbocycles. The van der Waals surface area contributed by atoms with E-state index in [0.29, 0.717) is 30.8 Å². The highest BCUT2D eigenvalue weighted by molar-refractivity contribution is 6.03. The van der Waals surface area contributed by atoms with E-state index in [4.69, 9.17) is 4.74 Å². The second kappa shape index (κ2) is 6.77. The fourth-order valence-corrected chi connectivity index (χ4v) is 4.03. The summed E-state index contributed by atoms with van der Waals surface area (Å²) in [5, 5.41) is 4.27. The molecule has 0 aliphatic carbocycles. The van der Waals surface area contributed by atoms with E-state index in [-0.39, 0.29) is 5.91 Å². The van der Waals surface area contributed by atoms with Crippen LogP contribution < -0.4 is 4.74 Å². The minimum atomic E-state index is 0.00429. The Balaban J connectivity index is 1.44. The van der Waals surface area contributed by atoms with Crippen molar-refractivity contribution in [2.75, 3.05) is 13.7 Å². The van der Waals surface area contributed by atoms with Gasteiger partial charge < -0.3 is 14.0 Å². The van der Waals surface area contributed by atoms with Gasteiger partial charge in [-0.3, -0.25) is 9.48 Å². The molecule has 1 amide bonds. The zero-order valence-electron chi connectivity index (χ0n) is 16.4. The number of carbonyl (C=O) groups excluding carboxylic acids is 1. The summed E-state index contributed by atoms with van der Waals surface area (Å²) in [7, 11) is 3.51. The summed E-state index contributed by atoms with van der Waals surface area (Å²) in [6.45, 7) is 1.16. The lowest BCUT2D eigenvalue weighted by molar-refractivity contribution is 0.0777. The number of methoxy groups -OCH3 is 1. The smallest absolute Gasteiger partial charge is 0.258 e. The molecule has 0 spiro atoms. The Labute approximate surface area is 168 Å². The molecule has 0 saturated heterocycles. The predicted octanol–water partition coefficient (Wildman–Crippen LogP) is 2.94. The third kappa shape index (κ3) is 2.86. The van der Waals surface area contributed by atoms with Gasteiger partial charge in [-0.05, 0) is 35.9 Å². The Bertz CT molecular complexity index is 1190. The summed E-state index contributed by atoms with van der Waals surface area (Å²) in [4.78, 5) is 19.7. The van der Waals surface area contributed by atoms with Gasteiger partial charge in [0.1, 0.15) is 11.4 Å². The first-order valence-electron chi connectivity index (χ1n) is 9.56. The Hall–Kier alpha value is -3.61. The van der Waals surface area contributed by atoms with E-state index in [1.807, 2.05) is 69.8 Å². The van der Waals surface area contributed by atoms with Crippen LogP contribution >= 0.6 is 0 Å². The van der Waals surface area contributed by atoms with Gasteiger partial charge in [0.05, 0.1) is 24.1 Å². The lowest BCUT2D eigenvalue weighted by Crippen LogP contribution is -2.26. The van der Waals surface area contributed by atoms with Gasteiger partial charge in [-0.2, -0.15) is 5.10 Å². The Morgan fingerprint density at radius 3 is 2.83 bits per heavy atom. The van der Waals surface area contributed by atoms with Crippen LogP contribution in [-0.2, 0) is 20.0 Å². The lowest BCUT2D eigenvalue weighted by Gasteiger charge is -2.14. The van der Waals surface area contributed by atoms with Crippen molar-refractivity contribution in [3.63, 3.8) is 0 Å². The molecule has 7 nitrogen and oxygen atoms in total. The standard InChI is InChI=1S/C22H21N5O2/c1-25-18(8-10-23-25)16-6-7-19(29-2)21-17(16)14-27(22(21)28)12-9-15-13-26-11-4-3-5-20(26)24-15/h3-8,10-11,13H,9,12,14H2,1-2H3. The van der Waals surface area contributed by atoms with Crippen molar-refractivity contribution in [2.45, 2.75) is 13.0 Å². The second-order valence-corrected chi connectivity index (χ2v) is 7.18. The Kier molecular flexibility index (Phi) is 4.08. The van der Waals surface area contributed by atoms with E-state index in [1.165, 1.54) is 0 Å². The first-order chi connectivity index (χ1) is 14.2. The minimum Gasteiger partial charge on any atom is -0.496 e. The number of carbonyl (C=O) groups is 1. The van der Waals surface area contributed by atoms with Gasteiger partial charge >= 0.3 is 0 Å². The average molecular weight is 387 g/mol. The van der Waals surface area contributed by atoms with Crippen LogP contribution in [0.25, 0.3) is 16.9 Å². The van der Waals surface area contributed by atoms with Crippen LogP contribution in [0.15, 0.2) is 55.0 Å². The van der Waals surface area contributed by atoms with Crippen LogP contribution in [0.3, 0.4) is 0 Å². The number of aromatic nitrogens is 4. The van der Waals surface area contributed by atoms with Crippen LogP contribution in [0.2, 0.25) is 0 Å². The van der Waals surface area contributed by atoms with Crippen molar-refractivity contribution in [3.05, 3.63) is 71.8 Å². The first-order valence-corrected chi connectivity index (χ1v) is 9.56. The van der Waals surface area contributed by atoms with Crippen molar-refractivity contribution in [1.82, 2.24) is 24.1 Å². The molecule has 4 heterocycles. The predicted molar refractivity (Wildman–Crippen MR) is 109 cm³/mol. The summed E-state index contributed by atoms with van der Waals surface area (Å²) in [5.74, 6) is 0.621. The number of rotatable bonds is 5. The van der Waals surface area contributed by atoms with Gasteiger partial charge in [0.25, 0.3) is 5.91 Å². The van der Waals surface area contributed by atoms with Crippen LogP contribution in [0.5, 0.6) is 5.75 Å². The Morgan fingerprint density at radius 2 is 2.07 bits per heavy atom. The van der Waals surface area contributed by atoms with Crippen LogP contribution in [0.1, 0.15) is 21.6 Å². The number of pyridine rings is 1.